The Kier molecular flexibility index (Phi) is 27.3. The highest BCUT2D eigenvalue weighted by molar-refractivity contribution is 6.63. The van der Waals surface area contributed by atoms with Gasteiger partial charge in [-0.15, -0.1) is 12.4 Å². The van der Waals surface area contributed by atoms with Crippen molar-refractivity contribution in [1.29, 1.82) is 0 Å². The molecule has 0 saturated carbocycles. The molecule has 294 valence electrons. The van der Waals surface area contributed by atoms with Crippen molar-refractivity contribution >= 4 is 41.1 Å². The van der Waals surface area contributed by atoms with E-state index in [-0.39, 0.29) is 29.5 Å². The number of nitrogens with two attached hydrogens (primary N) is 1. The number of likely N-dealkylation sites (tertiary alicyclic amines) is 2. The van der Waals surface area contributed by atoms with E-state index in [9.17, 15) is 14.4 Å². The summed E-state index contributed by atoms with van der Waals surface area (Å²) >= 11 is 4.94. The average Bonchev–Trinajstić information content (AvgIpc) is 3.12. The van der Waals surface area contributed by atoms with Crippen LogP contribution in [-0.2, 0) is 27.5 Å². The van der Waals surface area contributed by atoms with Crippen LogP contribution in [0.1, 0.15) is 109 Å². The van der Waals surface area contributed by atoms with E-state index in [4.69, 9.17) is 17.3 Å². The molecule has 0 radical (unpaired) electrons. The Morgan fingerprint density at radius 3 is 1.40 bits per heavy atom. The zero-order valence-electron chi connectivity index (χ0n) is 32.1. The number of nitrogens with zero attached hydrogens (tertiary/aromatic N) is 2. The quantitative estimate of drug-likeness (QED) is 0.176. The van der Waals surface area contributed by atoms with Crippen molar-refractivity contribution in [3.8, 4) is 0 Å². The maximum atomic E-state index is 11.6. The summed E-state index contributed by atoms with van der Waals surface area (Å²) in [5.41, 5.74) is 8.64. The predicted molar refractivity (Wildman–Crippen MR) is 219 cm³/mol. The van der Waals surface area contributed by atoms with Gasteiger partial charge < -0.3 is 21.7 Å². The van der Waals surface area contributed by atoms with Gasteiger partial charge in [0, 0.05) is 63.6 Å². The zero-order chi connectivity index (χ0) is 37.1. The maximum Gasteiger partial charge on any atom is 0.221 e. The summed E-state index contributed by atoms with van der Waals surface area (Å²) in [6.45, 7) is 14.6. The first-order valence-electron chi connectivity index (χ1n) is 19.5. The topological polar surface area (TPSA) is 120 Å². The maximum absolute atomic E-state index is 11.6. The molecule has 0 unspecified atom stereocenters. The van der Waals surface area contributed by atoms with E-state index in [0.717, 1.165) is 110 Å². The summed E-state index contributed by atoms with van der Waals surface area (Å²) in [5, 5.41) is 9.21. The average molecular weight is 764 g/mol. The van der Waals surface area contributed by atoms with Gasteiger partial charge in [-0.1, -0.05) is 81.4 Å². The zero-order valence-corrected chi connectivity index (χ0v) is 33.7. The highest BCUT2D eigenvalue weighted by atomic mass is 35.5. The van der Waals surface area contributed by atoms with Crippen LogP contribution >= 0.6 is 24.0 Å². The van der Waals surface area contributed by atoms with Gasteiger partial charge in [0.1, 0.15) is 0 Å². The second kappa shape index (κ2) is 29.9. The Hall–Kier alpha value is -2.53. The fourth-order valence-corrected chi connectivity index (χ4v) is 6.44. The molecule has 2 amide bonds. The lowest BCUT2D eigenvalue weighted by Gasteiger charge is -2.32. The monoisotopic (exact) mass is 762 g/mol. The molecule has 0 atom stereocenters. The second-order valence-corrected chi connectivity index (χ2v) is 14.3. The molecule has 52 heavy (non-hydrogen) atoms. The molecule has 3 aliphatic rings. The lowest BCUT2D eigenvalue weighted by molar-refractivity contribution is -0.122. The van der Waals surface area contributed by atoms with Crippen LogP contribution in [-0.4, -0.2) is 84.3 Å². The third kappa shape index (κ3) is 23.2. The molecule has 3 aliphatic heterocycles. The van der Waals surface area contributed by atoms with Crippen LogP contribution in [0.5, 0.6) is 0 Å². The predicted octanol–water partition coefficient (Wildman–Crippen LogP) is 6.81. The smallest absolute Gasteiger partial charge is 0.221 e. The van der Waals surface area contributed by atoms with E-state index in [1.807, 2.05) is 20.8 Å². The van der Waals surface area contributed by atoms with Gasteiger partial charge in [0.25, 0.3) is 0 Å². The number of hydrogen-bond donors (Lipinski definition) is 4. The second-order valence-electron chi connectivity index (χ2n) is 13.9. The first-order chi connectivity index (χ1) is 24.7. The van der Waals surface area contributed by atoms with E-state index in [1.54, 1.807) is 0 Å². The number of hydrogen-bond acceptors (Lipinski definition) is 7. The Labute approximate surface area is 326 Å². The first-order valence-corrected chi connectivity index (χ1v) is 19.9. The fourth-order valence-electron chi connectivity index (χ4n) is 6.25. The summed E-state index contributed by atoms with van der Waals surface area (Å²) in [6, 6.07) is 22.5. The Morgan fingerprint density at radius 2 is 1.04 bits per heavy atom. The van der Waals surface area contributed by atoms with Crippen LogP contribution in [0.25, 0.3) is 0 Å². The minimum Gasteiger partial charge on any atom is -0.353 e. The molecule has 9 nitrogen and oxygen atoms in total. The number of amides is 2. The van der Waals surface area contributed by atoms with Crippen molar-refractivity contribution in [1.82, 2.24) is 25.8 Å². The van der Waals surface area contributed by atoms with Gasteiger partial charge in [-0.3, -0.25) is 24.2 Å². The van der Waals surface area contributed by atoms with Crippen LogP contribution in [0.15, 0.2) is 60.7 Å². The number of nitrogens with one attached hydrogen (secondary N) is 3. The molecule has 3 saturated heterocycles. The molecule has 5 N–H and O–H groups in total. The van der Waals surface area contributed by atoms with E-state index in [2.05, 4.69) is 86.4 Å². The summed E-state index contributed by atoms with van der Waals surface area (Å²) in [7, 11) is 0. The number of carbonyl (C=O) groups excluding carboxylic acids is 3. The molecule has 2 aromatic rings. The molecule has 0 bridgehead atoms. The van der Waals surface area contributed by atoms with Crippen molar-refractivity contribution in [2.75, 3.05) is 39.3 Å². The van der Waals surface area contributed by atoms with Crippen LogP contribution in [0, 0.1) is 0 Å². The number of carbonyl (C=O) groups is 3. The highest BCUT2D eigenvalue weighted by Crippen LogP contribution is 2.14. The number of rotatable bonds is 12. The summed E-state index contributed by atoms with van der Waals surface area (Å²) in [4.78, 5) is 37.5. The van der Waals surface area contributed by atoms with E-state index in [1.165, 1.54) is 11.1 Å². The number of benzene rings is 2. The lowest BCUT2D eigenvalue weighted by Crippen LogP contribution is -2.44. The van der Waals surface area contributed by atoms with Crippen molar-refractivity contribution in [3.05, 3.63) is 71.8 Å². The van der Waals surface area contributed by atoms with Gasteiger partial charge >= 0.3 is 0 Å². The first kappa shape index (κ1) is 47.5. The summed E-state index contributed by atoms with van der Waals surface area (Å²) in [5.74, 6) is 0.424. The minimum atomic E-state index is -0.238. The Morgan fingerprint density at radius 1 is 0.654 bits per heavy atom. The van der Waals surface area contributed by atoms with Gasteiger partial charge in [-0.2, -0.15) is 0 Å². The fraction of sp³-hybridized carbons (Fsp3) is 0.634. The number of piperidine rings is 3. The van der Waals surface area contributed by atoms with Crippen molar-refractivity contribution in [2.24, 2.45) is 5.73 Å². The molecule has 11 heteroatoms. The molecule has 3 heterocycles. The van der Waals surface area contributed by atoms with Crippen molar-refractivity contribution in [2.45, 2.75) is 129 Å². The largest absolute Gasteiger partial charge is 0.353 e. The number of halogens is 2. The molecule has 2 aromatic carbocycles. The van der Waals surface area contributed by atoms with Crippen molar-refractivity contribution < 1.29 is 14.4 Å². The van der Waals surface area contributed by atoms with Crippen LogP contribution < -0.4 is 21.7 Å². The van der Waals surface area contributed by atoms with Gasteiger partial charge in [0.05, 0.1) is 0 Å². The molecule has 5 rings (SSSR count). The molecule has 0 spiro atoms. The third-order valence-electron chi connectivity index (χ3n) is 9.19. The van der Waals surface area contributed by atoms with E-state index < -0.39 is 0 Å². The lowest BCUT2D eigenvalue weighted by atomic mass is 10.0. The third-order valence-corrected chi connectivity index (χ3v) is 9.38. The van der Waals surface area contributed by atoms with Gasteiger partial charge in [0.2, 0.25) is 17.1 Å². The molecular weight excluding hydrogens is 695 g/mol. The van der Waals surface area contributed by atoms with E-state index in [0.29, 0.717) is 37.4 Å². The normalized spacial score (nSPS) is 17.0. The minimum absolute atomic E-state index is 0. The molecule has 0 aliphatic carbocycles. The molecular formula is C41H68Cl2N6O3. The summed E-state index contributed by atoms with van der Waals surface area (Å²) in [6.07, 6.45) is 11.1. The molecule has 0 aromatic heterocycles. The van der Waals surface area contributed by atoms with Gasteiger partial charge in [-0.25, -0.2) is 0 Å². The van der Waals surface area contributed by atoms with Crippen LogP contribution in [0.4, 0.5) is 0 Å². The Bertz CT molecular complexity index is 1190. The molecule has 3 fully saturated rings. The summed E-state index contributed by atoms with van der Waals surface area (Å²) < 4.78 is 0. The standard InChI is InChI=1S/C16H24N2O.C12H18N2.C9H18N2O.C4H7ClO.ClH/c1-2-6-16(19)17-15-9-11-18(12-10-15)13-14-7-4-3-5-8-14;13-12-6-8-14(9-7-12)10-11-4-2-1-3-5-11;1-2-3-9(12)11-8-4-6-10-7-5-8;1-2-3-4(5)6;/h3-5,7-8,15H,2,6,9-13H2,1H3,(H,17,19);1-5,12H,6-10,13H2;8,10H,2-7H2,1H3,(H,11,12);2-3H2,1H3;1H. The van der Waals surface area contributed by atoms with Gasteiger partial charge in [-0.05, 0) is 107 Å². The van der Waals surface area contributed by atoms with Gasteiger partial charge in [0.15, 0.2) is 0 Å². The van der Waals surface area contributed by atoms with Crippen LogP contribution in [0.3, 0.4) is 0 Å². The SMILES string of the molecule is CCCC(=O)Cl.CCCC(=O)NC1CCN(Cc2ccccc2)CC1.CCCC(=O)NC1CCNCC1.Cl.NC1CCN(Cc2ccccc2)CC1. The highest BCUT2D eigenvalue weighted by Gasteiger charge is 2.20. The van der Waals surface area contributed by atoms with Crippen molar-refractivity contribution in [3.63, 3.8) is 0 Å². The van der Waals surface area contributed by atoms with Crippen LogP contribution in [0.2, 0.25) is 0 Å². The Balaban J connectivity index is 0.000000366. The van der Waals surface area contributed by atoms with E-state index >= 15 is 0 Å².